The van der Waals surface area contributed by atoms with Crippen molar-refractivity contribution in [3.8, 4) is 11.5 Å². The number of ether oxygens (including phenoxy) is 3. The van der Waals surface area contributed by atoms with Crippen LogP contribution in [-0.4, -0.2) is 33.8 Å². The van der Waals surface area contributed by atoms with Crippen LogP contribution < -0.4 is 14.8 Å². The van der Waals surface area contributed by atoms with Crippen LogP contribution in [0.15, 0.2) is 12.1 Å². The zero-order valence-electron chi connectivity index (χ0n) is 10.6. The normalized spacial score (nSPS) is 10.0. The van der Waals surface area contributed by atoms with Crippen LogP contribution in [0.4, 0.5) is 0 Å². The summed E-state index contributed by atoms with van der Waals surface area (Å²) in [4.78, 5) is 11.1. The third-order valence-corrected chi connectivity index (χ3v) is 2.46. The third kappa shape index (κ3) is 3.78. The Morgan fingerprint density at radius 1 is 1.39 bits per heavy atom. The zero-order valence-corrected chi connectivity index (χ0v) is 11.3. The molecule has 0 unspecified atom stereocenters. The molecule has 100 valence electrons. The molecular weight excluding hydrogens is 258 g/mol. The molecule has 1 N–H and O–H groups in total. The molecule has 0 aliphatic heterocycles. The Hall–Kier alpha value is -1.46. The molecular formula is C12H16ClNO4. The summed E-state index contributed by atoms with van der Waals surface area (Å²) in [7, 11) is 4.62. The summed E-state index contributed by atoms with van der Waals surface area (Å²) < 4.78 is 15.1. The van der Waals surface area contributed by atoms with Gasteiger partial charge in [0.25, 0.3) is 0 Å². The SMILES string of the molecule is CNCc1cc(Cl)cc(OC)c1OCC(=O)OC. The van der Waals surface area contributed by atoms with Crippen molar-refractivity contribution in [2.45, 2.75) is 6.54 Å². The van der Waals surface area contributed by atoms with Gasteiger partial charge < -0.3 is 19.5 Å². The molecule has 0 bridgehead atoms. The Kier molecular flexibility index (Phi) is 5.74. The summed E-state index contributed by atoms with van der Waals surface area (Å²) >= 11 is 5.97. The molecule has 0 saturated heterocycles. The van der Waals surface area contributed by atoms with Crippen molar-refractivity contribution in [3.05, 3.63) is 22.7 Å². The average Bonchev–Trinajstić information content (AvgIpc) is 2.36. The fourth-order valence-corrected chi connectivity index (χ4v) is 1.68. The second-order valence-electron chi connectivity index (χ2n) is 3.49. The van der Waals surface area contributed by atoms with Crippen molar-refractivity contribution < 1.29 is 19.0 Å². The van der Waals surface area contributed by atoms with Crippen molar-refractivity contribution in [1.82, 2.24) is 5.32 Å². The number of rotatable bonds is 6. The van der Waals surface area contributed by atoms with Crippen molar-refractivity contribution in [1.29, 1.82) is 0 Å². The average molecular weight is 274 g/mol. The number of methoxy groups -OCH3 is 2. The van der Waals surface area contributed by atoms with Crippen molar-refractivity contribution in [2.75, 3.05) is 27.9 Å². The van der Waals surface area contributed by atoms with Gasteiger partial charge in [0, 0.05) is 23.2 Å². The van der Waals surface area contributed by atoms with Gasteiger partial charge in [0.2, 0.25) is 0 Å². The molecule has 0 amide bonds. The van der Waals surface area contributed by atoms with Gasteiger partial charge in [-0.05, 0) is 13.1 Å². The molecule has 1 aromatic rings. The van der Waals surface area contributed by atoms with Gasteiger partial charge in [-0.2, -0.15) is 0 Å². The van der Waals surface area contributed by atoms with Crippen molar-refractivity contribution >= 4 is 17.6 Å². The van der Waals surface area contributed by atoms with E-state index in [0.29, 0.717) is 23.1 Å². The summed E-state index contributed by atoms with van der Waals surface area (Å²) in [5.41, 5.74) is 0.811. The molecule has 0 aromatic heterocycles. The largest absolute Gasteiger partial charge is 0.493 e. The van der Waals surface area contributed by atoms with E-state index in [9.17, 15) is 4.79 Å². The Morgan fingerprint density at radius 3 is 2.67 bits per heavy atom. The predicted molar refractivity (Wildman–Crippen MR) is 68.3 cm³/mol. The first-order valence-electron chi connectivity index (χ1n) is 5.33. The minimum atomic E-state index is -0.456. The highest BCUT2D eigenvalue weighted by molar-refractivity contribution is 6.30. The van der Waals surface area contributed by atoms with E-state index in [-0.39, 0.29) is 6.61 Å². The Balaban J connectivity index is 3.00. The monoisotopic (exact) mass is 273 g/mol. The number of halogens is 1. The highest BCUT2D eigenvalue weighted by Gasteiger charge is 2.14. The second-order valence-corrected chi connectivity index (χ2v) is 3.93. The van der Waals surface area contributed by atoms with E-state index in [1.54, 1.807) is 19.2 Å². The molecule has 0 fully saturated rings. The van der Waals surface area contributed by atoms with E-state index < -0.39 is 5.97 Å². The summed E-state index contributed by atoms with van der Waals surface area (Å²) in [6.07, 6.45) is 0. The van der Waals surface area contributed by atoms with E-state index in [4.69, 9.17) is 21.1 Å². The number of hydrogen-bond donors (Lipinski definition) is 1. The van der Waals surface area contributed by atoms with Crippen LogP contribution in [0.3, 0.4) is 0 Å². The van der Waals surface area contributed by atoms with E-state index in [1.165, 1.54) is 14.2 Å². The summed E-state index contributed by atoms with van der Waals surface area (Å²) in [6.45, 7) is 0.374. The lowest BCUT2D eigenvalue weighted by molar-refractivity contribution is -0.142. The van der Waals surface area contributed by atoms with Crippen molar-refractivity contribution in [3.63, 3.8) is 0 Å². The van der Waals surface area contributed by atoms with Crippen LogP contribution in [0.2, 0.25) is 5.02 Å². The van der Waals surface area contributed by atoms with E-state index in [2.05, 4.69) is 10.1 Å². The molecule has 1 aromatic carbocycles. The minimum absolute atomic E-state index is 0.175. The van der Waals surface area contributed by atoms with Gasteiger partial charge in [-0.25, -0.2) is 4.79 Å². The van der Waals surface area contributed by atoms with E-state index in [0.717, 1.165) is 5.56 Å². The first kappa shape index (κ1) is 14.6. The molecule has 0 spiro atoms. The number of carbonyl (C=O) groups excluding carboxylic acids is 1. The van der Waals surface area contributed by atoms with Gasteiger partial charge in [-0.1, -0.05) is 11.6 Å². The van der Waals surface area contributed by atoms with Crippen LogP contribution in [0.25, 0.3) is 0 Å². The van der Waals surface area contributed by atoms with E-state index in [1.807, 2.05) is 0 Å². The molecule has 6 heteroatoms. The Bertz CT molecular complexity index is 423. The smallest absolute Gasteiger partial charge is 0.343 e. The molecule has 1 rings (SSSR count). The molecule has 0 aliphatic rings. The lowest BCUT2D eigenvalue weighted by atomic mass is 10.2. The topological polar surface area (TPSA) is 56.8 Å². The maximum atomic E-state index is 11.1. The predicted octanol–water partition coefficient (Wildman–Crippen LogP) is 1.62. The number of benzene rings is 1. The molecule has 0 radical (unpaired) electrons. The first-order chi connectivity index (χ1) is 8.62. The van der Waals surface area contributed by atoms with Gasteiger partial charge in [0.05, 0.1) is 14.2 Å². The Morgan fingerprint density at radius 2 is 2.11 bits per heavy atom. The fraction of sp³-hybridized carbons (Fsp3) is 0.417. The number of esters is 1. The Labute approximate surface area is 111 Å². The van der Waals surface area contributed by atoms with Crippen LogP contribution >= 0.6 is 11.6 Å². The number of hydrogen-bond acceptors (Lipinski definition) is 5. The van der Waals surface area contributed by atoms with Crippen LogP contribution in [0, 0.1) is 0 Å². The molecule has 0 aliphatic carbocycles. The lowest BCUT2D eigenvalue weighted by Crippen LogP contribution is -2.15. The fourth-order valence-electron chi connectivity index (χ4n) is 1.45. The molecule has 0 saturated carbocycles. The maximum Gasteiger partial charge on any atom is 0.343 e. The highest BCUT2D eigenvalue weighted by atomic mass is 35.5. The highest BCUT2D eigenvalue weighted by Crippen LogP contribution is 2.34. The van der Waals surface area contributed by atoms with Crippen LogP contribution in [0.5, 0.6) is 11.5 Å². The second kappa shape index (κ2) is 7.08. The van der Waals surface area contributed by atoms with Gasteiger partial charge in [-0.3, -0.25) is 0 Å². The summed E-state index contributed by atoms with van der Waals surface area (Å²) in [5.74, 6) is 0.515. The minimum Gasteiger partial charge on any atom is -0.493 e. The van der Waals surface area contributed by atoms with Crippen LogP contribution in [-0.2, 0) is 16.1 Å². The summed E-state index contributed by atoms with van der Waals surface area (Å²) in [6, 6.07) is 3.39. The zero-order chi connectivity index (χ0) is 13.5. The lowest BCUT2D eigenvalue weighted by Gasteiger charge is -2.15. The molecule has 18 heavy (non-hydrogen) atoms. The first-order valence-corrected chi connectivity index (χ1v) is 5.70. The standard InChI is InChI=1S/C12H16ClNO4/c1-14-6-8-4-9(13)5-10(16-2)12(8)18-7-11(15)17-3/h4-5,14H,6-7H2,1-3H3. The van der Waals surface area contributed by atoms with Crippen molar-refractivity contribution in [2.24, 2.45) is 0 Å². The number of nitrogens with one attached hydrogen (secondary N) is 1. The van der Waals surface area contributed by atoms with Gasteiger partial charge in [0.15, 0.2) is 18.1 Å². The summed E-state index contributed by atoms with van der Waals surface area (Å²) in [5, 5.41) is 3.54. The molecule has 5 nitrogen and oxygen atoms in total. The number of carbonyl (C=O) groups is 1. The van der Waals surface area contributed by atoms with Gasteiger partial charge in [0.1, 0.15) is 0 Å². The third-order valence-electron chi connectivity index (χ3n) is 2.25. The molecule has 0 heterocycles. The van der Waals surface area contributed by atoms with E-state index >= 15 is 0 Å². The quantitative estimate of drug-likeness (QED) is 0.798. The van der Waals surface area contributed by atoms with Gasteiger partial charge in [-0.15, -0.1) is 0 Å². The molecule has 0 atom stereocenters. The van der Waals surface area contributed by atoms with Gasteiger partial charge >= 0.3 is 5.97 Å². The van der Waals surface area contributed by atoms with Crippen LogP contribution in [0.1, 0.15) is 5.56 Å². The maximum absolute atomic E-state index is 11.1.